The van der Waals surface area contributed by atoms with Gasteiger partial charge in [-0.1, -0.05) is 13.8 Å². The van der Waals surface area contributed by atoms with Gasteiger partial charge in [-0.05, 0) is 69.1 Å². The average molecular weight is 313 g/mol. The van der Waals surface area contributed by atoms with E-state index in [1.807, 2.05) is 0 Å². The molecule has 2 heterocycles. The summed E-state index contributed by atoms with van der Waals surface area (Å²) in [6, 6.07) is 5.45. The maximum Gasteiger partial charge on any atom is 0.0488 e. The summed E-state index contributed by atoms with van der Waals surface area (Å²) in [6.07, 6.45) is 2.30. The first-order chi connectivity index (χ1) is 11.0. The number of rotatable bonds is 6. The van der Waals surface area contributed by atoms with Gasteiger partial charge in [0.05, 0.1) is 0 Å². The van der Waals surface area contributed by atoms with E-state index in [0.29, 0.717) is 6.04 Å². The average Bonchev–Trinajstić information content (AvgIpc) is 2.97. The zero-order valence-electron chi connectivity index (χ0n) is 15.4. The highest BCUT2D eigenvalue weighted by Crippen LogP contribution is 2.33. The van der Waals surface area contributed by atoms with Gasteiger partial charge in [-0.25, -0.2) is 0 Å². The number of nitrogens with zero attached hydrogens (tertiary/aromatic N) is 2. The molecule has 3 nitrogen and oxygen atoms in total. The molecule has 23 heavy (non-hydrogen) atoms. The van der Waals surface area contributed by atoms with Crippen molar-refractivity contribution in [1.82, 2.24) is 14.8 Å². The van der Waals surface area contributed by atoms with Crippen LogP contribution in [0.3, 0.4) is 0 Å². The second-order valence-electron chi connectivity index (χ2n) is 7.19. The molecule has 0 saturated carbocycles. The Bertz CT molecular complexity index is 699. The molecule has 1 N–H and O–H groups in total. The van der Waals surface area contributed by atoms with E-state index in [4.69, 9.17) is 0 Å². The van der Waals surface area contributed by atoms with E-state index in [2.05, 4.69) is 61.7 Å². The lowest BCUT2D eigenvalue weighted by Crippen LogP contribution is -2.27. The molecule has 1 aromatic carbocycles. The predicted molar refractivity (Wildman–Crippen MR) is 99.0 cm³/mol. The molecule has 3 heteroatoms. The smallest absolute Gasteiger partial charge is 0.0488 e. The third-order valence-electron chi connectivity index (χ3n) is 5.17. The summed E-state index contributed by atoms with van der Waals surface area (Å²) in [6.45, 7) is 13.4. The van der Waals surface area contributed by atoms with Crippen LogP contribution in [-0.2, 0) is 26.1 Å². The minimum Gasteiger partial charge on any atom is -0.345 e. The molecule has 0 bridgehead atoms. The van der Waals surface area contributed by atoms with E-state index in [9.17, 15) is 0 Å². The first kappa shape index (κ1) is 16.5. The van der Waals surface area contributed by atoms with E-state index < -0.39 is 0 Å². The van der Waals surface area contributed by atoms with Crippen LogP contribution in [0.2, 0.25) is 0 Å². The number of likely N-dealkylation sites (N-methyl/N-ethyl adjacent to an activating group) is 1. The number of hydrogen-bond donors (Lipinski definition) is 1. The molecule has 1 aliphatic rings. The van der Waals surface area contributed by atoms with Crippen LogP contribution in [0.5, 0.6) is 0 Å². The number of aryl methyl sites for hydroxylation is 1. The van der Waals surface area contributed by atoms with Gasteiger partial charge in [0.25, 0.3) is 0 Å². The Balaban J connectivity index is 2.11. The van der Waals surface area contributed by atoms with Crippen LogP contribution in [0.1, 0.15) is 49.6 Å². The van der Waals surface area contributed by atoms with Gasteiger partial charge < -0.3 is 9.88 Å². The van der Waals surface area contributed by atoms with Gasteiger partial charge in [-0.2, -0.15) is 0 Å². The lowest BCUT2D eigenvalue weighted by molar-refractivity contribution is 0.353. The number of aromatic nitrogens is 1. The van der Waals surface area contributed by atoms with Crippen molar-refractivity contribution >= 4 is 10.9 Å². The summed E-state index contributed by atoms with van der Waals surface area (Å²) < 4.78 is 2.54. The third kappa shape index (κ3) is 3.05. The van der Waals surface area contributed by atoms with Gasteiger partial charge in [-0.3, -0.25) is 4.90 Å². The number of hydrogen-bond acceptors (Lipinski definition) is 2. The Labute approximate surface area is 140 Å². The molecular weight excluding hydrogens is 282 g/mol. The molecule has 126 valence electrons. The predicted octanol–water partition coefficient (Wildman–Crippen LogP) is 3.85. The topological polar surface area (TPSA) is 20.2 Å². The Morgan fingerprint density at radius 2 is 1.87 bits per heavy atom. The van der Waals surface area contributed by atoms with E-state index in [0.717, 1.165) is 32.6 Å². The van der Waals surface area contributed by atoms with Crippen molar-refractivity contribution in [1.29, 1.82) is 0 Å². The van der Waals surface area contributed by atoms with Gasteiger partial charge in [0.15, 0.2) is 0 Å². The van der Waals surface area contributed by atoms with Crippen molar-refractivity contribution in [2.24, 2.45) is 0 Å². The summed E-state index contributed by atoms with van der Waals surface area (Å²) in [7, 11) is 2.21. The molecule has 2 aromatic rings. The molecule has 1 unspecified atom stereocenters. The molecule has 0 fully saturated rings. The lowest BCUT2D eigenvalue weighted by Gasteiger charge is -2.13. The summed E-state index contributed by atoms with van der Waals surface area (Å²) in [4.78, 5) is 2.40. The number of nitrogens with one attached hydrogen (secondary N) is 1. The zero-order valence-corrected chi connectivity index (χ0v) is 15.4. The lowest BCUT2D eigenvalue weighted by atomic mass is 10.0. The monoisotopic (exact) mass is 313 g/mol. The van der Waals surface area contributed by atoms with Crippen molar-refractivity contribution in [2.45, 2.75) is 66.2 Å². The maximum atomic E-state index is 3.57. The van der Waals surface area contributed by atoms with Gasteiger partial charge >= 0.3 is 0 Å². The highest BCUT2D eigenvalue weighted by molar-refractivity contribution is 5.87. The Hall–Kier alpha value is -1.32. The highest BCUT2D eigenvalue weighted by Gasteiger charge is 2.21. The molecule has 1 aromatic heterocycles. The number of benzene rings is 1. The van der Waals surface area contributed by atoms with Crippen molar-refractivity contribution in [3.8, 4) is 0 Å². The van der Waals surface area contributed by atoms with Crippen LogP contribution in [0.4, 0.5) is 0 Å². The summed E-state index contributed by atoms with van der Waals surface area (Å²) in [5.41, 5.74) is 7.48. The maximum absolute atomic E-state index is 3.57. The van der Waals surface area contributed by atoms with Crippen LogP contribution in [-0.4, -0.2) is 29.1 Å². The van der Waals surface area contributed by atoms with Gasteiger partial charge in [0.1, 0.15) is 0 Å². The largest absolute Gasteiger partial charge is 0.345 e. The van der Waals surface area contributed by atoms with Crippen molar-refractivity contribution in [3.05, 3.63) is 34.5 Å². The van der Waals surface area contributed by atoms with Crippen LogP contribution in [0.15, 0.2) is 12.1 Å². The van der Waals surface area contributed by atoms with Gasteiger partial charge in [0, 0.05) is 42.3 Å². The standard InChI is InChI=1S/C20H31N3/c1-6-8-23-15(4)18(9-14(3)21-7-2)19-10-16-12-22(5)13-17(16)11-20(19)23/h10-11,14,21H,6-9,12-13H2,1-5H3. The molecule has 0 amide bonds. The van der Waals surface area contributed by atoms with Crippen LogP contribution < -0.4 is 5.32 Å². The van der Waals surface area contributed by atoms with E-state index >= 15 is 0 Å². The Kier molecular flexibility index (Phi) is 4.79. The van der Waals surface area contributed by atoms with E-state index in [1.165, 1.54) is 34.1 Å². The molecule has 3 rings (SSSR count). The SMILES string of the molecule is CCCn1c(C)c(CC(C)NCC)c2cc3c(cc21)CN(C)C3. The van der Waals surface area contributed by atoms with Crippen molar-refractivity contribution in [3.63, 3.8) is 0 Å². The van der Waals surface area contributed by atoms with Gasteiger partial charge in [-0.15, -0.1) is 0 Å². The van der Waals surface area contributed by atoms with Gasteiger partial charge in [0.2, 0.25) is 0 Å². The number of fused-ring (bicyclic) bond motifs is 2. The van der Waals surface area contributed by atoms with Crippen LogP contribution in [0, 0.1) is 6.92 Å². The molecule has 1 atom stereocenters. The molecule has 0 spiro atoms. The first-order valence-electron chi connectivity index (χ1n) is 9.10. The molecule has 0 radical (unpaired) electrons. The fourth-order valence-corrected chi connectivity index (χ4v) is 4.11. The summed E-state index contributed by atoms with van der Waals surface area (Å²) in [5, 5.41) is 5.05. The van der Waals surface area contributed by atoms with E-state index in [-0.39, 0.29) is 0 Å². The summed E-state index contributed by atoms with van der Waals surface area (Å²) in [5.74, 6) is 0. The van der Waals surface area contributed by atoms with Crippen molar-refractivity contribution < 1.29 is 0 Å². The Morgan fingerprint density at radius 3 is 2.52 bits per heavy atom. The third-order valence-corrected chi connectivity index (χ3v) is 5.17. The second kappa shape index (κ2) is 6.66. The van der Waals surface area contributed by atoms with E-state index in [1.54, 1.807) is 5.56 Å². The molecule has 0 saturated heterocycles. The fraction of sp³-hybridized carbons (Fsp3) is 0.600. The molecular formula is C20H31N3. The minimum atomic E-state index is 0.523. The highest BCUT2D eigenvalue weighted by atomic mass is 15.1. The van der Waals surface area contributed by atoms with Crippen LogP contribution >= 0.6 is 0 Å². The fourth-order valence-electron chi connectivity index (χ4n) is 4.11. The van der Waals surface area contributed by atoms with Crippen LogP contribution in [0.25, 0.3) is 10.9 Å². The minimum absolute atomic E-state index is 0.523. The zero-order chi connectivity index (χ0) is 16.6. The molecule has 1 aliphatic heterocycles. The van der Waals surface area contributed by atoms with Crippen molar-refractivity contribution in [2.75, 3.05) is 13.6 Å². The summed E-state index contributed by atoms with van der Waals surface area (Å²) >= 11 is 0. The Morgan fingerprint density at radius 1 is 1.17 bits per heavy atom. The quantitative estimate of drug-likeness (QED) is 0.874. The normalized spacial score (nSPS) is 16.2. The molecule has 0 aliphatic carbocycles. The first-order valence-corrected chi connectivity index (χ1v) is 9.10. The second-order valence-corrected chi connectivity index (χ2v) is 7.19.